The summed E-state index contributed by atoms with van der Waals surface area (Å²) in [5, 5.41) is 3.73. The lowest BCUT2D eigenvalue weighted by Crippen LogP contribution is -2.63. The molecule has 3 heteroatoms. The molecule has 0 radical (unpaired) electrons. The molecule has 106 valence electrons. The topological polar surface area (TPSA) is 24.5 Å². The molecule has 1 heterocycles. The van der Waals surface area contributed by atoms with E-state index in [2.05, 4.69) is 31.0 Å². The van der Waals surface area contributed by atoms with Gasteiger partial charge in [0, 0.05) is 37.8 Å². The van der Waals surface area contributed by atoms with Gasteiger partial charge in [0.05, 0.1) is 6.61 Å². The van der Waals surface area contributed by atoms with E-state index in [1.807, 2.05) is 0 Å². The second-order valence-corrected chi connectivity index (χ2v) is 6.55. The largest absolute Gasteiger partial charge is 0.380 e. The van der Waals surface area contributed by atoms with E-state index in [0.29, 0.717) is 0 Å². The molecule has 0 aromatic rings. The molecule has 1 aliphatic heterocycles. The van der Waals surface area contributed by atoms with Crippen LogP contribution in [0.25, 0.3) is 0 Å². The van der Waals surface area contributed by atoms with Gasteiger partial charge in [0.1, 0.15) is 0 Å². The third kappa shape index (κ3) is 3.94. The van der Waals surface area contributed by atoms with E-state index in [9.17, 15) is 0 Å². The highest BCUT2D eigenvalue weighted by Gasteiger charge is 2.39. The van der Waals surface area contributed by atoms with Crippen LogP contribution in [0.5, 0.6) is 0 Å². The molecule has 0 amide bonds. The van der Waals surface area contributed by atoms with Crippen molar-refractivity contribution < 1.29 is 4.74 Å². The minimum absolute atomic E-state index is 0.277. The number of nitrogens with zero attached hydrogens (tertiary/aromatic N) is 1. The van der Waals surface area contributed by atoms with Gasteiger partial charge in [-0.25, -0.2) is 0 Å². The molecule has 1 atom stereocenters. The Kier molecular flexibility index (Phi) is 5.05. The van der Waals surface area contributed by atoms with Crippen LogP contribution in [-0.4, -0.2) is 49.3 Å². The van der Waals surface area contributed by atoms with Crippen LogP contribution in [0.2, 0.25) is 0 Å². The van der Waals surface area contributed by atoms with E-state index >= 15 is 0 Å². The van der Waals surface area contributed by atoms with Crippen molar-refractivity contribution in [2.24, 2.45) is 5.92 Å². The number of unbranched alkanes of at least 4 members (excludes halogenated alkanes) is 1. The molecule has 0 aromatic carbocycles. The van der Waals surface area contributed by atoms with Gasteiger partial charge < -0.3 is 10.1 Å². The fourth-order valence-corrected chi connectivity index (χ4v) is 2.77. The molecule has 2 rings (SSSR count). The lowest BCUT2D eigenvalue weighted by Gasteiger charge is -2.46. The van der Waals surface area contributed by atoms with Gasteiger partial charge in [0.2, 0.25) is 0 Å². The number of hydrogen-bond donors (Lipinski definition) is 1. The summed E-state index contributed by atoms with van der Waals surface area (Å²) < 4.78 is 5.72. The molecule has 0 spiro atoms. The molecule has 1 unspecified atom stereocenters. The molecule has 1 N–H and O–H groups in total. The molecular formula is C15H30N2O. The standard InChI is InChI=1S/C15H30N2O/c1-4-5-9-18-10-8-17-11-14(13-6-7-13)16-12-15(17,2)3/h13-14,16H,4-12H2,1-3H3. The summed E-state index contributed by atoms with van der Waals surface area (Å²) in [6, 6.07) is 0.730. The summed E-state index contributed by atoms with van der Waals surface area (Å²) in [6.45, 7) is 12.1. The first-order valence-electron chi connectivity index (χ1n) is 7.69. The summed E-state index contributed by atoms with van der Waals surface area (Å²) >= 11 is 0. The molecule has 2 fully saturated rings. The van der Waals surface area contributed by atoms with Crippen LogP contribution in [0.4, 0.5) is 0 Å². The van der Waals surface area contributed by atoms with Gasteiger partial charge in [-0.1, -0.05) is 13.3 Å². The smallest absolute Gasteiger partial charge is 0.0593 e. The Morgan fingerprint density at radius 1 is 1.28 bits per heavy atom. The lowest BCUT2D eigenvalue weighted by molar-refractivity contribution is 0.0249. The zero-order valence-corrected chi connectivity index (χ0v) is 12.4. The molecular weight excluding hydrogens is 224 g/mol. The Labute approximate surface area is 112 Å². The minimum Gasteiger partial charge on any atom is -0.380 e. The minimum atomic E-state index is 0.277. The van der Waals surface area contributed by atoms with E-state index in [-0.39, 0.29) is 5.54 Å². The summed E-state index contributed by atoms with van der Waals surface area (Å²) in [4.78, 5) is 2.62. The Bertz CT molecular complexity index is 251. The maximum Gasteiger partial charge on any atom is 0.0593 e. The van der Waals surface area contributed by atoms with E-state index in [1.54, 1.807) is 0 Å². The van der Waals surface area contributed by atoms with Crippen molar-refractivity contribution in [3.63, 3.8) is 0 Å². The number of ether oxygens (including phenoxy) is 1. The van der Waals surface area contributed by atoms with Crippen LogP contribution < -0.4 is 5.32 Å². The molecule has 0 aromatic heterocycles. The van der Waals surface area contributed by atoms with Gasteiger partial charge in [-0.05, 0) is 39.0 Å². The molecule has 18 heavy (non-hydrogen) atoms. The first-order valence-corrected chi connectivity index (χ1v) is 7.69. The van der Waals surface area contributed by atoms with Crippen molar-refractivity contribution in [3.05, 3.63) is 0 Å². The van der Waals surface area contributed by atoms with Gasteiger partial charge in [-0.15, -0.1) is 0 Å². The van der Waals surface area contributed by atoms with E-state index in [0.717, 1.165) is 38.3 Å². The van der Waals surface area contributed by atoms with Crippen LogP contribution >= 0.6 is 0 Å². The second kappa shape index (κ2) is 6.36. The number of piperazine rings is 1. The van der Waals surface area contributed by atoms with Gasteiger partial charge in [0.15, 0.2) is 0 Å². The van der Waals surface area contributed by atoms with E-state index in [1.165, 1.54) is 32.2 Å². The highest BCUT2D eigenvalue weighted by Crippen LogP contribution is 2.35. The lowest BCUT2D eigenvalue weighted by atomic mass is 9.96. The monoisotopic (exact) mass is 254 g/mol. The molecule has 3 nitrogen and oxygen atoms in total. The molecule has 1 saturated heterocycles. The van der Waals surface area contributed by atoms with Crippen molar-refractivity contribution in [1.29, 1.82) is 0 Å². The fourth-order valence-electron chi connectivity index (χ4n) is 2.77. The summed E-state index contributed by atoms with van der Waals surface area (Å²) in [5.41, 5.74) is 0.277. The highest BCUT2D eigenvalue weighted by atomic mass is 16.5. The predicted octanol–water partition coefficient (Wildman–Crippen LogP) is 2.27. The first kappa shape index (κ1) is 14.3. The van der Waals surface area contributed by atoms with Crippen molar-refractivity contribution in [2.75, 3.05) is 32.8 Å². The zero-order chi connectivity index (χ0) is 13.0. The Balaban J connectivity index is 1.72. The van der Waals surface area contributed by atoms with E-state index < -0.39 is 0 Å². The average Bonchev–Trinajstić information content (AvgIpc) is 3.14. The molecule has 1 aliphatic carbocycles. The SMILES string of the molecule is CCCCOCCN1CC(C2CC2)NCC1(C)C. The van der Waals surface area contributed by atoms with Crippen molar-refractivity contribution in [1.82, 2.24) is 10.2 Å². The third-order valence-electron chi connectivity index (χ3n) is 4.41. The zero-order valence-electron chi connectivity index (χ0n) is 12.4. The van der Waals surface area contributed by atoms with Crippen LogP contribution in [0, 0.1) is 5.92 Å². The first-order chi connectivity index (χ1) is 8.63. The van der Waals surface area contributed by atoms with Crippen LogP contribution in [0.15, 0.2) is 0 Å². The van der Waals surface area contributed by atoms with Crippen LogP contribution in [0.3, 0.4) is 0 Å². The predicted molar refractivity (Wildman–Crippen MR) is 75.9 cm³/mol. The second-order valence-electron chi connectivity index (χ2n) is 6.55. The molecule has 0 bridgehead atoms. The summed E-state index contributed by atoms with van der Waals surface area (Å²) in [7, 11) is 0. The van der Waals surface area contributed by atoms with Gasteiger partial charge in [-0.3, -0.25) is 4.90 Å². The Hall–Kier alpha value is -0.120. The number of hydrogen-bond acceptors (Lipinski definition) is 3. The van der Waals surface area contributed by atoms with Crippen molar-refractivity contribution >= 4 is 0 Å². The number of rotatable bonds is 7. The van der Waals surface area contributed by atoms with Crippen LogP contribution in [0.1, 0.15) is 46.5 Å². The van der Waals surface area contributed by atoms with Gasteiger partial charge >= 0.3 is 0 Å². The Morgan fingerprint density at radius 2 is 2.06 bits per heavy atom. The van der Waals surface area contributed by atoms with Gasteiger partial charge in [-0.2, -0.15) is 0 Å². The Morgan fingerprint density at radius 3 is 2.72 bits per heavy atom. The maximum atomic E-state index is 5.72. The molecule has 2 aliphatic rings. The summed E-state index contributed by atoms with van der Waals surface area (Å²) in [5.74, 6) is 0.949. The fraction of sp³-hybridized carbons (Fsp3) is 1.00. The van der Waals surface area contributed by atoms with Crippen molar-refractivity contribution in [2.45, 2.75) is 58.0 Å². The summed E-state index contributed by atoms with van der Waals surface area (Å²) in [6.07, 6.45) is 5.27. The number of nitrogens with one attached hydrogen (secondary N) is 1. The van der Waals surface area contributed by atoms with Crippen molar-refractivity contribution in [3.8, 4) is 0 Å². The van der Waals surface area contributed by atoms with E-state index in [4.69, 9.17) is 4.74 Å². The quantitative estimate of drug-likeness (QED) is 0.705. The van der Waals surface area contributed by atoms with Crippen LogP contribution in [-0.2, 0) is 4.74 Å². The third-order valence-corrected chi connectivity index (χ3v) is 4.41. The molecule has 1 saturated carbocycles. The highest BCUT2D eigenvalue weighted by molar-refractivity contribution is 4.98. The normalized spacial score (nSPS) is 28.5. The maximum absolute atomic E-state index is 5.72. The average molecular weight is 254 g/mol. The van der Waals surface area contributed by atoms with Gasteiger partial charge in [0.25, 0.3) is 0 Å².